The lowest BCUT2D eigenvalue weighted by Crippen LogP contribution is -2.12. The van der Waals surface area contributed by atoms with E-state index in [1.165, 1.54) is 12.1 Å². The van der Waals surface area contributed by atoms with E-state index in [2.05, 4.69) is 11.4 Å². The van der Waals surface area contributed by atoms with E-state index in [0.29, 0.717) is 12.1 Å². The van der Waals surface area contributed by atoms with E-state index < -0.39 is 10.0 Å². The summed E-state index contributed by atoms with van der Waals surface area (Å²) in [6.45, 7) is 2.44. The maximum Gasteiger partial charge on any atom is 0.238 e. The van der Waals surface area contributed by atoms with Crippen molar-refractivity contribution in [1.29, 1.82) is 5.26 Å². The number of hydrogen-bond acceptors (Lipinski definition) is 4. The van der Waals surface area contributed by atoms with E-state index in [0.717, 1.165) is 16.8 Å². The second kappa shape index (κ2) is 5.95. The van der Waals surface area contributed by atoms with E-state index >= 15 is 0 Å². The first-order valence-electron chi connectivity index (χ1n) is 6.26. The molecule has 5 nitrogen and oxygen atoms in total. The molecule has 0 unspecified atom stereocenters. The van der Waals surface area contributed by atoms with Gasteiger partial charge in [0.2, 0.25) is 10.0 Å². The molecule has 108 valence electrons. The monoisotopic (exact) mass is 301 g/mol. The Morgan fingerprint density at radius 1 is 1.19 bits per heavy atom. The summed E-state index contributed by atoms with van der Waals surface area (Å²) in [7, 11) is -3.67. The minimum Gasteiger partial charge on any atom is -0.380 e. The van der Waals surface area contributed by atoms with Crippen LogP contribution in [0.1, 0.15) is 16.7 Å². The van der Waals surface area contributed by atoms with Crippen LogP contribution in [0.3, 0.4) is 0 Å². The molecule has 0 radical (unpaired) electrons. The van der Waals surface area contributed by atoms with Gasteiger partial charge < -0.3 is 5.32 Å². The van der Waals surface area contributed by atoms with Crippen LogP contribution in [-0.2, 0) is 16.6 Å². The zero-order chi connectivity index (χ0) is 15.5. The van der Waals surface area contributed by atoms with Gasteiger partial charge in [-0.1, -0.05) is 18.2 Å². The number of primary sulfonamides is 1. The Labute approximate surface area is 124 Å². The molecule has 0 fully saturated rings. The van der Waals surface area contributed by atoms with Crippen molar-refractivity contribution in [2.45, 2.75) is 18.4 Å². The Morgan fingerprint density at radius 2 is 1.86 bits per heavy atom. The molecule has 0 bridgehead atoms. The molecule has 0 spiro atoms. The summed E-state index contributed by atoms with van der Waals surface area (Å²) >= 11 is 0. The van der Waals surface area contributed by atoms with E-state index in [9.17, 15) is 8.42 Å². The molecule has 2 rings (SSSR count). The largest absolute Gasteiger partial charge is 0.380 e. The average molecular weight is 301 g/mol. The van der Waals surface area contributed by atoms with Gasteiger partial charge in [0.05, 0.1) is 16.1 Å². The number of nitriles is 1. The first-order chi connectivity index (χ1) is 9.90. The molecule has 21 heavy (non-hydrogen) atoms. The van der Waals surface area contributed by atoms with E-state index in [1.54, 1.807) is 18.2 Å². The zero-order valence-corrected chi connectivity index (χ0v) is 12.3. The molecule has 0 aliphatic carbocycles. The lowest BCUT2D eigenvalue weighted by atomic mass is 10.1. The van der Waals surface area contributed by atoms with Crippen LogP contribution in [0.2, 0.25) is 0 Å². The van der Waals surface area contributed by atoms with Crippen LogP contribution in [0.25, 0.3) is 0 Å². The van der Waals surface area contributed by atoms with Crippen molar-refractivity contribution in [3.05, 3.63) is 59.2 Å². The fourth-order valence-corrected chi connectivity index (χ4v) is 2.41. The first kappa shape index (κ1) is 15.0. The van der Waals surface area contributed by atoms with Crippen molar-refractivity contribution in [1.82, 2.24) is 0 Å². The number of aryl methyl sites for hydroxylation is 1. The Balaban J connectivity index is 2.14. The third kappa shape index (κ3) is 3.81. The summed E-state index contributed by atoms with van der Waals surface area (Å²) in [5, 5.41) is 17.3. The highest BCUT2D eigenvalue weighted by Gasteiger charge is 2.07. The lowest BCUT2D eigenvalue weighted by molar-refractivity contribution is 0.598. The molecule has 0 heterocycles. The molecule has 0 saturated carbocycles. The number of nitrogens with zero attached hydrogens (tertiary/aromatic N) is 1. The van der Waals surface area contributed by atoms with Gasteiger partial charge in [0.25, 0.3) is 0 Å². The zero-order valence-electron chi connectivity index (χ0n) is 11.5. The minimum atomic E-state index is -3.67. The standard InChI is InChI=1S/C15H15N3O2S/c1-11-2-5-13(9-16)15(8-11)18-10-12-3-6-14(7-4-12)21(17,19)20/h2-8,18H,10H2,1H3,(H2,17,19,20). The summed E-state index contributed by atoms with van der Waals surface area (Å²) in [6.07, 6.45) is 0. The van der Waals surface area contributed by atoms with Crippen molar-refractivity contribution in [2.75, 3.05) is 5.32 Å². The molecule has 0 aliphatic heterocycles. The normalized spacial score (nSPS) is 10.9. The Kier molecular flexibility index (Phi) is 4.26. The minimum absolute atomic E-state index is 0.0829. The van der Waals surface area contributed by atoms with Gasteiger partial charge in [-0.3, -0.25) is 0 Å². The number of hydrogen-bond donors (Lipinski definition) is 2. The van der Waals surface area contributed by atoms with Crippen molar-refractivity contribution in [2.24, 2.45) is 5.14 Å². The van der Waals surface area contributed by atoms with Crippen molar-refractivity contribution in [3.63, 3.8) is 0 Å². The Morgan fingerprint density at radius 3 is 2.43 bits per heavy atom. The summed E-state index contributed by atoms with van der Waals surface area (Å²) in [4.78, 5) is 0.0829. The van der Waals surface area contributed by atoms with Gasteiger partial charge >= 0.3 is 0 Å². The molecule has 0 amide bonds. The van der Waals surface area contributed by atoms with Gasteiger partial charge in [-0.05, 0) is 42.3 Å². The lowest BCUT2D eigenvalue weighted by Gasteiger charge is -2.09. The summed E-state index contributed by atoms with van der Waals surface area (Å²) in [5.41, 5.74) is 3.28. The van der Waals surface area contributed by atoms with Gasteiger partial charge in [0, 0.05) is 6.54 Å². The fraction of sp³-hybridized carbons (Fsp3) is 0.133. The third-order valence-electron chi connectivity index (χ3n) is 3.03. The van der Waals surface area contributed by atoms with Gasteiger partial charge in [0.15, 0.2) is 0 Å². The molecular formula is C15H15N3O2S. The predicted octanol–water partition coefficient (Wildman–Crippen LogP) is 2.13. The third-order valence-corrected chi connectivity index (χ3v) is 3.96. The van der Waals surface area contributed by atoms with E-state index in [4.69, 9.17) is 10.4 Å². The van der Waals surface area contributed by atoms with Crippen LogP contribution in [0.5, 0.6) is 0 Å². The second-order valence-corrected chi connectivity index (χ2v) is 6.26. The SMILES string of the molecule is Cc1ccc(C#N)c(NCc2ccc(S(N)(=O)=O)cc2)c1. The van der Waals surface area contributed by atoms with Crippen molar-refractivity contribution in [3.8, 4) is 6.07 Å². The van der Waals surface area contributed by atoms with Gasteiger partial charge in [-0.15, -0.1) is 0 Å². The van der Waals surface area contributed by atoms with Gasteiger partial charge in [0.1, 0.15) is 6.07 Å². The number of anilines is 1. The number of nitrogens with two attached hydrogens (primary N) is 1. The maximum atomic E-state index is 11.2. The van der Waals surface area contributed by atoms with Crippen LogP contribution in [0, 0.1) is 18.3 Å². The maximum absolute atomic E-state index is 11.2. The van der Waals surface area contributed by atoms with Crippen LogP contribution >= 0.6 is 0 Å². The quantitative estimate of drug-likeness (QED) is 0.904. The molecular weight excluding hydrogens is 286 g/mol. The number of sulfonamides is 1. The molecule has 2 aromatic rings. The molecule has 6 heteroatoms. The highest BCUT2D eigenvalue weighted by atomic mass is 32.2. The molecule has 2 aromatic carbocycles. The van der Waals surface area contributed by atoms with Gasteiger partial charge in [-0.2, -0.15) is 5.26 Å². The highest BCUT2D eigenvalue weighted by molar-refractivity contribution is 7.89. The van der Waals surface area contributed by atoms with Crippen LogP contribution in [0.4, 0.5) is 5.69 Å². The molecule has 0 saturated heterocycles. The van der Waals surface area contributed by atoms with Gasteiger partial charge in [-0.25, -0.2) is 13.6 Å². The molecule has 0 aromatic heterocycles. The second-order valence-electron chi connectivity index (χ2n) is 4.70. The van der Waals surface area contributed by atoms with Crippen LogP contribution in [0.15, 0.2) is 47.4 Å². The Bertz CT molecular complexity index is 791. The van der Waals surface area contributed by atoms with Crippen molar-refractivity contribution < 1.29 is 8.42 Å². The number of rotatable bonds is 4. The molecule has 3 N–H and O–H groups in total. The topological polar surface area (TPSA) is 96.0 Å². The summed E-state index contributed by atoms with van der Waals surface area (Å²) in [6, 6.07) is 14.0. The molecule has 0 atom stereocenters. The smallest absolute Gasteiger partial charge is 0.238 e. The average Bonchev–Trinajstić information content (AvgIpc) is 2.45. The summed E-state index contributed by atoms with van der Waals surface area (Å²) < 4.78 is 22.3. The van der Waals surface area contributed by atoms with Crippen molar-refractivity contribution >= 4 is 15.7 Å². The first-order valence-corrected chi connectivity index (χ1v) is 7.81. The van der Waals surface area contributed by atoms with Crippen LogP contribution in [-0.4, -0.2) is 8.42 Å². The number of benzene rings is 2. The van der Waals surface area contributed by atoms with E-state index in [1.807, 2.05) is 19.1 Å². The van der Waals surface area contributed by atoms with Crippen LogP contribution < -0.4 is 10.5 Å². The Hall–Kier alpha value is -2.36. The fourth-order valence-electron chi connectivity index (χ4n) is 1.90. The predicted molar refractivity (Wildman–Crippen MR) is 81.0 cm³/mol. The summed E-state index contributed by atoms with van der Waals surface area (Å²) in [5.74, 6) is 0. The highest BCUT2D eigenvalue weighted by Crippen LogP contribution is 2.18. The van der Waals surface area contributed by atoms with E-state index in [-0.39, 0.29) is 4.90 Å². The molecule has 0 aliphatic rings. The number of nitrogens with one attached hydrogen (secondary N) is 1.